The van der Waals surface area contributed by atoms with Gasteiger partial charge in [0.1, 0.15) is 0 Å². The zero-order chi connectivity index (χ0) is 12.5. The lowest BCUT2D eigenvalue weighted by Gasteiger charge is -2.30. The molecule has 2 amide bonds. The van der Waals surface area contributed by atoms with Crippen LogP contribution in [0.5, 0.6) is 0 Å². The SMILES string of the molecule is CC(C)C(C)(C)CNC1CC(=O)N(C)C1=O. The molecule has 1 aliphatic heterocycles. The zero-order valence-corrected chi connectivity index (χ0v) is 10.8. The second kappa shape index (κ2) is 4.53. The molecule has 0 bridgehead atoms. The van der Waals surface area contributed by atoms with Crippen LogP contribution < -0.4 is 5.32 Å². The summed E-state index contributed by atoms with van der Waals surface area (Å²) in [4.78, 5) is 24.2. The van der Waals surface area contributed by atoms with E-state index in [2.05, 4.69) is 33.0 Å². The van der Waals surface area contributed by atoms with Crippen molar-refractivity contribution in [2.45, 2.75) is 40.2 Å². The van der Waals surface area contributed by atoms with E-state index in [1.165, 1.54) is 4.90 Å². The van der Waals surface area contributed by atoms with Gasteiger partial charge < -0.3 is 5.32 Å². The summed E-state index contributed by atoms with van der Waals surface area (Å²) in [5.74, 6) is 0.333. The average molecular weight is 226 g/mol. The van der Waals surface area contributed by atoms with E-state index in [1.807, 2.05) is 0 Å². The first-order valence-electron chi connectivity index (χ1n) is 5.79. The van der Waals surface area contributed by atoms with Crippen LogP contribution in [0.1, 0.15) is 34.1 Å². The van der Waals surface area contributed by atoms with Crippen molar-refractivity contribution in [2.75, 3.05) is 13.6 Å². The first-order valence-corrected chi connectivity index (χ1v) is 5.79. The Hall–Kier alpha value is -0.900. The number of carbonyl (C=O) groups excluding carboxylic acids is 2. The van der Waals surface area contributed by atoms with E-state index < -0.39 is 0 Å². The Morgan fingerprint density at radius 1 is 1.44 bits per heavy atom. The number of carbonyl (C=O) groups is 2. The van der Waals surface area contributed by atoms with Crippen LogP contribution in [0.3, 0.4) is 0 Å². The van der Waals surface area contributed by atoms with Crippen LogP contribution >= 0.6 is 0 Å². The smallest absolute Gasteiger partial charge is 0.246 e. The lowest BCUT2D eigenvalue weighted by Crippen LogP contribution is -2.43. The third-order valence-corrected chi connectivity index (χ3v) is 3.75. The van der Waals surface area contributed by atoms with Crippen LogP contribution in [0.4, 0.5) is 0 Å². The molecule has 0 radical (unpaired) electrons. The fraction of sp³-hybridized carbons (Fsp3) is 0.833. The molecule has 1 aliphatic rings. The molecule has 4 nitrogen and oxygen atoms in total. The summed E-state index contributed by atoms with van der Waals surface area (Å²) in [6, 6.07) is -0.324. The molecule has 1 saturated heterocycles. The highest BCUT2D eigenvalue weighted by Crippen LogP contribution is 2.25. The van der Waals surface area contributed by atoms with Crippen molar-refractivity contribution >= 4 is 11.8 Å². The molecule has 1 rings (SSSR count). The predicted octanol–water partition coefficient (Wildman–Crippen LogP) is 1.02. The molecule has 4 heteroatoms. The van der Waals surface area contributed by atoms with E-state index in [0.717, 1.165) is 6.54 Å². The van der Waals surface area contributed by atoms with Crippen LogP contribution in [0.2, 0.25) is 0 Å². The molecule has 1 N–H and O–H groups in total. The van der Waals surface area contributed by atoms with Crippen molar-refractivity contribution < 1.29 is 9.59 Å². The van der Waals surface area contributed by atoms with Crippen molar-refractivity contribution in [3.8, 4) is 0 Å². The first kappa shape index (κ1) is 13.2. The number of imide groups is 1. The van der Waals surface area contributed by atoms with Crippen molar-refractivity contribution in [3.63, 3.8) is 0 Å². The second-order valence-corrected chi connectivity index (χ2v) is 5.57. The maximum absolute atomic E-state index is 11.6. The molecule has 1 fully saturated rings. The third-order valence-electron chi connectivity index (χ3n) is 3.75. The highest BCUT2D eigenvalue weighted by Gasteiger charge is 2.36. The molecule has 92 valence electrons. The van der Waals surface area contributed by atoms with Crippen LogP contribution in [0.25, 0.3) is 0 Å². The van der Waals surface area contributed by atoms with Crippen molar-refractivity contribution in [3.05, 3.63) is 0 Å². The van der Waals surface area contributed by atoms with Crippen molar-refractivity contribution in [1.82, 2.24) is 10.2 Å². The topological polar surface area (TPSA) is 49.4 Å². The Balaban J connectivity index is 2.52. The highest BCUT2D eigenvalue weighted by molar-refractivity contribution is 6.05. The average Bonchev–Trinajstić information content (AvgIpc) is 2.43. The highest BCUT2D eigenvalue weighted by atomic mass is 16.2. The van der Waals surface area contributed by atoms with Crippen LogP contribution in [-0.2, 0) is 9.59 Å². The number of nitrogens with zero attached hydrogens (tertiary/aromatic N) is 1. The number of amides is 2. The number of hydrogen-bond donors (Lipinski definition) is 1. The molecule has 0 aromatic rings. The van der Waals surface area contributed by atoms with Gasteiger partial charge in [-0.05, 0) is 11.3 Å². The van der Waals surface area contributed by atoms with Crippen LogP contribution in [0, 0.1) is 11.3 Å². The lowest BCUT2D eigenvalue weighted by molar-refractivity contribution is -0.137. The monoisotopic (exact) mass is 226 g/mol. The van der Waals surface area contributed by atoms with Gasteiger partial charge in [0.05, 0.1) is 12.5 Å². The van der Waals surface area contributed by atoms with Crippen LogP contribution in [0.15, 0.2) is 0 Å². The summed E-state index contributed by atoms with van der Waals surface area (Å²) in [5.41, 5.74) is 0.129. The maximum Gasteiger partial charge on any atom is 0.246 e. The number of rotatable bonds is 4. The predicted molar refractivity (Wildman–Crippen MR) is 62.8 cm³/mol. The molecule has 0 aliphatic carbocycles. The maximum atomic E-state index is 11.6. The fourth-order valence-corrected chi connectivity index (χ4v) is 1.51. The minimum Gasteiger partial charge on any atom is -0.305 e. The summed E-state index contributed by atoms with van der Waals surface area (Å²) in [5, 5.41) is 3.20. The number of hydrogen-bond acceptors (Lipinski definition) is 3. The summed E-state index contributed by atoms with van der Waals surface area (Å²) in [7, 11) is 1.54. The van der Waals surface area contributed by atoms with E-state index in [4.69, 9.17) is 0 Å². The van der Waals surface area contributed by atoms with E-state index in [0.29, 0.717) is 12.3 Å². The van der Waals surface area contributed by atoms with Crippen LogP contribution in [-0.4, -0.2) is 36.3 Å². The summed E-state index contributed by atoms with van der Waals surface area (Å²) in [6.45, 7) is 9.40. The Bertz CT molecular complexity index is 297. The summed E-state index contributed by atoms with van der Waals surface area (Å²) < 4.78 is 0. The molecule has 16 heavy (non-hydrogen) atoms. The Kier molecular flexibility index (Phi) is 3.73. The van der Waals surface area contributed by atoms with E-state index in [1.54, 1.807) is 7.05 Å². The summed E-state index contributed by atoms with van der Waals surface area (Å²) >= 11 is 0. The Labute approximate surface area is 97.4 Å². The van der Waals surface area contributed by atoms with Gasteiger partial charge in [0.25, 0.3) is 0 Å². The molecule has 0 saturated carbocycles. The van der Waals surface area contributed by atoms with E-state index in [-0.39, 0.29) is 23.3 Å². The normalized spacial score (nSPS) is 22.4. The minimum atomic E-state index is -0.324. The van der Waals surface area contributed by atoms with Gasteiger partial charge in [-0.1, -0.05) is 27.7 Å². The molecular weight excluding hydrogens is 204 g/mol. The molecule has 0 aromatic heterocycles. The van der Waals surface area contributed by atoms with E-state index >= 15 is 0 Å². The largest absolute Gasteiger partial charge is 0.305 e. The number of nitrogens with one attached hydrogen (secondary N) is 1. The van der Waals surface area contributed by atoms with Gasteiger partial charge in [-0.15, -0.1) is 0 Å². The quantitative estimate of drug-likeness (QED) is 0.728. The molecule has 0 spiro atoms. The molecule has 1 atom stereocenters. The molecule has 1 unspecified atom stereocenters. The molecule has 1 heterocycles. The fourth-order valence-electron chi connectivity index (χ4n) is 1.51. The summed E-state index contributed by atoms with van der Waals surface area (Å²) in [6.07, 6.45) is 0.295. The van der Waals surface area contributed by atoms with E-state index in [9.17, 15) is 9.59 Å². The van der Waals surface area contributed by atoms with Gasteiger partial charge in [0.15, 0.2) is 0 Å². The lowest BCUT2D eigenvalue weighted by atomic mass is 9.81. The van der Waals surface area contributed by atoms with Crippen molar-refractivity contribution in [1.29, 1.82) is 0 Å². The van der Waals surface area contributed by atoms with Gasteiger partial charge in [-0.25, -0.2) is 0 Å². The zero-order valence-electron chi connectivity index (χ0n) is 10.8. The molecular formula is C12H22N2O2. The van der Waals surface area contributed by atoms with Gasteiger partial charge >= 0.3 is 0 Å². The van der Waals surface area contributed by atoms with Gasteiger partial charge in [0, 0.05) is 13.6 Å². The standard InChI is InChI=1S/C12H22N2O2/c1-8(2)12(3,4)7-13-9-6-10(15)14(5)11(9)16/h8-9,13H,6-7H2,1-5H3. The van der Waals surface area contributed by atoms with Gasteiger partial charge in [-0.2, -0.15) is 0 Å². The van der Waals surface area contributed by atoms with Gasteiger partial charge in [-0.3, -0.25) is 14.5 Å². The van der Waals surface area contributed by atoms with Gasteiger partial charge in [0.2, 0.25) is 11.8 Å². The van der Waals surface area contributed by atoms with Crippen molar-refractivity contribution in [2.24, 2.45) is 11.3 Å². The number of likely N-dealkylation sites (tertiary alicyclic amines) is 1. The second-order valence-electron chi connectivity index (χ2n) is 5.57. The Morgan fingerprint density at radius 2 is 2.00 bits per heavy atom. The molecule has 0 aromatic carbocycles. The minimum absolute atomic E-state index is 0.0927. The Morgan fingerprint density at radius 3 is 2.38 bits per heavy atom. The first-order chi connectivity index (χ1) is 7.25. The number of likely N-dealkylation sites (N-methyl/N-ethyl adjacent to an activating group) is 1. The third kappa shape index (κ3) is 2.61.